The number of hydrogen-bond acceptors (Lipinski definition) is 2. The van der Waals surface area contributed by atoms with Crippen LogP contribution in [0.3, 0.4) is 0 Å². The van der Waals surface area contributed by atoms with E-state index in [1.165, 1.54) is 21.3 Å². The van der Waals surface area contributed by atoms with Crippen LogP contribution in [0.2, 0.25) is 0 Å². The minimum atomic E-state index is 1.06. The van der Waals surface area contributed by atoms with Crippen LogP contribution in [0.25, 0.3) is 16.3 Å². The van der Waals surface area contributed by atoms with Crippen molar-refractivity contribution in [2.75, 3.05) is 6.26 Å². The number of aryl methyl sites for hydroxylation is 1. The van der Waals surface area contributed by atoms with Gasteiger partial charge in [0.15, 0.2) is 0 Å². The largest absolute Gasteiger partial charge is 0.226 e. The molecule has 16 heavy (non-hydrogen) atoms. The Kier molecular flexibility index (Phi) is 2.14. The van der Waals surface area contributed by atoms with Crippen molar-refractivity contribution in [3.63, 3.8) is 0 Å². The summed E-state index contributed by atoms with van der Waals surface area (Å²) in [7, 11) is 0. The predicted molar refractivity (Wildman–Crippen MR) is 69.2 cm³/mol. The van der Waals surface area contributed by atoms with E-state index in [2.05, 4.69) is 47.8 Å². The van der Waals surface area contributed by atoms with Gasteiger partial charge >= 0.3 is 0 Å². The second-order valence-corrected chi connectivity index (χ2v) is 4.66. The van der Waals surface area contributed by atoms with E-state index in [9.17, 15) is 0 Å². The lowest BCUT2D eigenvalue weighted by Crippen LogP contribution is -1.93. The van der Waals surface area contributed by atoms with Gasteiger partial charge in [0.05, 0.1) is 11.2 Å². The topological polar surface area (TPSA) is 17.3 Å². The van der Waals surface area contributed by atoms with E-state index < -0.39 is 0 Å². The molecule has 3 aromatic rings. The van der Waals surface area contributed by atoms with Crippen molar-refractivity contribution in [1.82, 2.24) is 9.61 Å². The zero-order valence-electron chi connectivity index (χ0n) is 9.27. The molecule has 3 heteroatoms. The number of pyridine rings is 1. The molecule has 2 nitrogen and oxygen atoms in total. The van der Waals surface area contributed by atoms with E-state index in [1.807, 2.05) is 11.4 Å². The highest BCUT2D eigenvalue weighted by molar-refractivity contribution is 7.98. The number of hydrogen-bond donors (Lipinski definition) is 0. The first-order valence-electron chi connectivity index (χ1n) is 5.22. The summed E-state index contributed by atoms with van der Waals surface area (Å²) in [5.74, 6) is 0. The maximum absolute atomic E-state index is 4.53. The fourth-order valence-corrected chi connectivity index (χ4v) is 2.80. The Morgan fingerprint density at radius 1 is 1.19 bits per heavy atom. The maximum atomic E-state index is 4.53. The maximum Gasteiger partial charge on any atom is 0.106 e. The summed E-state index contributed by atoms with van der Waals surface area (Å²) < 4.78 is 2.03. The molecular weight excluding hydrogens is 216 g/mol. The summed E-state index contributed by atoms with van der Waals surface area (Å²) in [6.45, 7) is 2.03. The molecule has 0 saturated carbocycles. The van der Waals surface area contributed by atoms with E-state index in [0.29, 0.717) is 0 Å². The number of thioether (sulfide) groups is 1. The first-order valence-corrected chi connectivity index (χ1v) is 6.44. The fraction of sp³-hybridized carbons (Fsp3) is 0.154. The van der Waals surface area contributed by atoms with E-state index in [0.717, 1.165) is 5.69 Å². The third kappa shape index (κ3) is 1.32. The third-order valence-electron chi connectivity index (χ3n) is 2.74. The van der Waals surface area contributed by atoms with Crippen LogP contribution in [0, 0.1) is 6.92 Å². The molecule has 0 aliphatic carbocycles. The number of fused-ring (bicyclic) bond motifs is 2. The Hall–Kier alpha value is -1.48. The van der Waals surface area contributed by atoms with E-state index >= 15 is 0 Å². The van der Waals surface area contributed by atoms with E-state index in [1.54, 1.807) is 11.8 Å². The number of rotatable bonds is 1. The molecule has 2 aromatic heterocycles. The third-order valence-corrected chi connectivity index (χ3v) is 3.52. The number of benzene rings is 1. The summed E-state index contributed by atoms with van der Waals surface area (Å²) in [5.41, 5.74) is 2.23. The van der Waals surface area contributed by atoms with E-state index in [-0.39, 0.29) is 0 Å². The number of aromatic nitrogens is 2. The van der Waals surface area contributed by atoms with Crippen molar-refractivity contribution < 1.29 is 0 Å². The van der Waals surface area contributed by atoms with Gasteiger partial charge in [-0.25, -0.2) is 4.52 Å². The van der Waals surface area contributed by atoms with Gasteiger partial charge in [0, 0.05) is 5.39 Å². The van der Waals surface area contributed by atoms with Gasteiger partial charge in [-0.05, 0) is 30.7 Å². The van der Waals surface area contributed by atoms with Crippen molar-refractivity contribution in [2.24, 2.45) is 0 Å². The van der Waals surface area contributed by atoms with Gasteiger partial charge < -0.3 is 0 Å². The second kappa shape index (κ2) is 3.52. The molecule has 0 aliphatic heterocycles. The van der Waals surface area contributed by atoms with Crippen molar-refractivity contribution in [3.05, 3.63) is 42.1 Å². The standard InChI is InChI=1S/C13H12N2S/c1-9-7-11-8-10-5-3-4-6-12(10)13(16-2)15(11)14-9/h3-8H,1-2H3. The zero-order chi connectivity index (χ0) is 11.1. The molecule has 0 N–H and O–H groups in total. The highest BCUT2D eigenvalue weighted by atomic mass is 32.2. The lowest BCUT2D eigenvalue weighted by molar-refractivity contribution is 0.861. The lowest BCUT2D eigenvalue weighted by atomic mass is 10.1. The van der Waals surface area contributed by atoms with Crippen LogP contribution in [-0.2, 0) is 0 Å². The first kappa shape index (κ1) is 9.73. The van der Waals surface area contributed by atoms with Gasteiger partial charge in [-0.1, -0.05) is 24.3 Å². The average Bonchev–Trinajstić information content (AvgIpc) is 2.65. The quantitative estimate of drug-likeness (QED) is 0.593. The monoisotopic (exact) mass is 228 g/mol. The van der Waals surface area contributed by atoms with Crippen LogP contribution >= 0.6 is 11.8 Å². The fourth-order valence-electron chi connectivity index (χ4n) is 2.07. The molecule has 0 aliphatic rings. The Labute approximate surface area is 98.3 Å². The van der Waals surface area contributed by atoms with Gasteiger partial charge in [0.25, 0.3) is 0 Å². The lowest BCUT2D eigenvalue weighted by Gasteiger charge is -2.06. The Bertz CT molecular complexity index is 670. The molecule has 0 radical (unpaired) electrons. The second-order valence-electron chi connectivity index (χ2n) is 3.86. The molecule has 80 valence electrons. The average molecular weight is 228 g/mol. The van der Waals surface area contributed by atoms with Crippen LogP contribution in [-0.4, -0.2) is 15.9 Å². The summed E-state index contributed by atoms with van der Waals surface area (Å²) >= 11 is 1.74. The molecule has 2 heterocycles. The Morgan fingerprint density at radius 2 is 2.00 bits per heavy atom. The van der Waals surface area contributed by atoms with Gasteiger partial charge in [-0.3, -0.25) is 0 Å². The van der Waals surface area contributed by atoms with Gasteiger partial charge in [-0.2, -0.15) is 5.10 Å². The summed E-state index contributed by atoms with van der Waals surface area (Å²) in [6, 6.07) is 12.8. The van der Waals surface area contributed by atoms with Crippen molar-refractivity contribution in [3.8, 4) is 0 Å². The Balaban J connectivity index is 2.55. The Morgan fingerprint density at radius 3 is 2.81 bits per heavy atom. The summed E-state index contributed by atoms with van der Waals surface area (Å²) in [4.78, 5) is 0. The molecule has 0 fully saturated rings. The normalized spacial score (nSPS) is 11.4. The van der Waals surface area contributed by atoms with Crippen LogP contribution in [0.15, 0.2) is 41.4 Å². The molecule has 0 spiro atoms. The van der Waals surface area contributed by atoms with Gasteiger partial charge in [-0.15, -0.1) is 11.8 Å². The van der Waals surface area contributed by atoms with Crippen LogP contribution in [0.1, 0.15) is 5.69 Å². The summed E-state index contributed by atoms with van der Waals surface area (Å²) in [6.07, 6.45) is 2.10. The smallest absolute Gasteiger partial charge is 0.106 e. The van der Waals surface area contributed by atoms with Crippen LogP contribution < -0.4 is 0 Å². The van der Waals surface area contributed by atoms with Gasteiger partial charge in [0.1, 0.15) is 5.03 Å². The molecular formula is C13H12N2S. The van der Waals surface area contributed by atoms with Crippen LogP contribution in [0.5, 0.6) is 0 Å². The molecule has 0 saturated heterocycles. The van der Waals surface area contributed by atoms with Crippen molar-refractivity contribution in [1.29, 1.82) is 0 Å². The molecule has 0 bridgehead atoms. The summed E-state index contributed by atoms with van der Waals surface area (Å²) in [5, 5.41) is 8.29. The zero-order valence-corrected chi connectivity index (χ0v) is 10.1. The van der Waals surface area contributed by atoms with Crippen molar-refractivity contribution in [2.45, 2.75) is 11.9 Å². The highest BCUT2D eigenvalue weighted by Gasteiger charge is 2.07. The van der Waals surface area contributed by atoms with Gasteiger partial charge in [0.2, 0.25) is 0 Å². The van der Waals surface area contributed by atoms with E-state index in [4.69, 9.17) is 0 Å². The van der Waals surface area contributed by atoms with Crippen molar-refractivity contribution >= 4 is 28.1 Å². The number of nitrogens with zero attached hydrogens (tertiary/aromatic N) is 2. The van der Waals surface area contributed by atoms with Crippen LogP contribution in [0.4, 0.5) is 0 Å². The molecule has 0 amide bonds. The first-order chi connectivity index (χ1) is 7.79. The minimum Gasteiger partial charge on any atom is -0.226 e. The molecule has 1 aromatic carbocycles. The predicted octanol–water partition coefficient (Wildman–Crippen LogP) is 3.52. The minimum absolute atomic E-state index is 1.06. The SMILES string of the molecule is CSc1c2ccccc2cc2cc(C)nn12. The highest BCUT2D eigenvalue weighted by Crippen LogP contribution is 2.28. The molecule has 0 atom stereocenters. The molecule has 0 unspecified atom stereocenters. The molecule has 3 rings (SSSR count).